The van der Waals surface area contributed by atoms with E-state index >= 15 is 0 Å². The molecule has 2 N–H and O–H groups in total. The first-order valence-corrected chi connectivity index (χ1v) is 8.54. The summed E-state index contributed by atoms with van der Waals surface area (Å²) in [6.07, 6.45) is 1.82. The van der Waals surface area contributed by atoms with Gasteiger partial charge in [-0.1, -0.05) is 50.6 Å². The Hall–Kier alpha value is -0.900. The van der Waals surface area contributed by atoms with Gasteiger partial charge < -0.3 is 5.73 Å². The summed E-state index contributed by atoms with van der Waals surface area (Å²) in [4.78, 5) is 4.76. The lowest BCUT2D eigenvalue weighted by atomic mass is 9.93. The van der Waals surface area contributed by atoms with Gasteiger partial charge in [0.1, 0.15) is 0 Å². The summed E-state index contributed by atoms with van der Waals surface area (Å²) < 4.78 is 0. The Morgan fingerprint density at radius 2 is 1.95 bits per heavy atom. The van der Waals surface area contributed by atoms with Crippen molar-refractivity contribution in [3.63, 3.8) is 0 Å². The molecule has 0 spiro atoms. The maximum atomic E-state index is 6.24. The largest absolute Gasteiger partial charge is 0.330 e. The molecule has 4 heteroatoms. The predicted octanol–water partition coefficient (Wildman–Crippen LogP) is 4.45. The van der Waals surface area contributed by atoms with Crippen LogP contribution < -0.4 is 5.73 Å². The first-order valence-electron chi connectivity index (χ1n) is 7.28. The van der Waals surface area contributed by atoms with Crippen molar-refractivity contribution in [2.45, 2.75) is 39.0 Å². The molecule has 1 aromatic carbocycles. The normalized spacial score (nSPS) is 13.4. The molecule has 0 amide bonds. The monoisotopic (exact) mass is 322 g/mol. The highest BCUT2D eigenvalue weighted by molar-refractivity contribution is 7.09. The van der Waals surface area contributed by atoms with E-state index < -0.39 is 0 Å². The number of aromatic nitrogens is 1. The summed E-state index contributed by atoms with van der Waals surface area (Å²) in [6, 6.07) is 7.99. The van der Waals surface area contributed by atoms with Crippen LogP contribution in [0.25, 0.3) is 0 Å². The molecule has 1 atom stereocenters. The van der Waals surface area contributed by atoms with Crippen molar-refractivity contribution < 1.29 is 0 Å². The van der Waals surface area contributed by atoms with Gasteiger partial charge in [0.25, 0.3) is 0 Å². The summed E-state index contributed by atoms with van der Waals surface area (Å²) in [6.45, 7) is 7.22. The molecule has 1 heterocycles. The third-order valence-corrected chi connectivity index (χ3v) is 4.82. The second kappa shape index (κ2) is 6.91. The van der Waals surface area contributed by atoms with Crippen LogP contribution >= 0.6 is 22.9 Å². The van der Waals surface area contributed by atoms with Gasteiger partial charge in [-0.25, -0.2) is 4.98 Å². The highest BCUT2D eigenvalue weighted by Gasteiger charge is 2.19. The summed E-state index contributed by atoms with van der Waals surface area (Å²) in [5.74, 6) is 0.379. The Kier molecular flexibility index (Phi) is 5.42. The number of hydrogen-bond donors (Lipinski definition) is 1. The first-order chi connectivity index (χ1) is 9.90. The molecule has 0 radical (unpaired) electrons. The number of hydrogen-bond acceptors (Lipinski definition) is 3. The molecule has 0 saturated carbocycles. The first kappa shape index (κ1) is 16.5. The van der Waals surface area contributed by atoms with Gasteiger partial charge in [0.15, 0.2) is 0 Å². The Bertz CT molecular complexity index is 586. The van der Waals surface area contributed by atoms with E-state index in [2.05, 4.69) is 32.2 Å². The van der Waals surface area contributed by atoms with Crippen molar-refractivity contribution in [1.29, 1.82) is 0 Å². The van der Waals surface area contributed by atoms with E-state index in [-0.39, 0.29) is 5.41 Å². The fraction of sp³-hybridized carbons (Fsp3) is 0.471. The van der Waals surface area contributed by atoms with Crippen molar-refractivity contribution in [3.05, 3.63) is 50.9 Å². The molecule has 0 saturated heterocycles. The standard InChI is InChI=1S/C17H23ClN2S/c1-17(2,3)15-11-21-16(20-15)9-12(10-19)8-13-6-4-5-7-14(13)18/h4-7,11-12H,8-10,19H2,1-3H3. The number of halogens is 1. The lowest BCUT2D eigenvalue weighted by Crippen LogP contribution is -2.20. The predicted molar refractivity (Wildman–Crippen MR) is 92.2 cm³/mol. The second-order valence-corrected chi connectivity index (χ2v) is 7.83. The molecule has 2 rings (SSSR count). The smallest absolute Gasteiger partial charge is 0.0931 e. The van der Waals surface area contributed by atoms with E-state index in [4.69, 9.17) is 22.3 Å². The molecule has 1 unspecified atom stereocenters. The van der Waals surface area contributed by atoms with Crippen molar-refractivity contribution in [1.82, 2.24) is 4.98 Å². The van der Waals surface area contributed by atoms with Gasteiger partial charge in [-0.15, -0.1) is 11.3 Å². The van der Waals surface area contributed by atoms with Crippen LogP contribution in [0.3, 0.4) is 0 Å². The van der Waals surface area contributed by atoms with Crippen molar-refractivity contribution in [3.8, 4) is 0 Å². The minimum absolute atomic E-state index is 0.107. The van der Waals surface area contributed by atoms with Crippen molar-refractivity contribution >= 4 is 22.9 Å². The Morgan fingerprint density at radius 1 is 1.24 bits per heavy atom. The van der Waals surface area contributed by atoms with Crippen LogP contribution in [0.15, 0.2) is 29.6 Å². The maximum absolute atomic E-state index is 6.24. The Balaban J connectivity index is 2.06. The van der Waals surface area contributed by atoms with Crippen LogP contribution in [-0.4, -0.2) is 11.5 Å². The zero-order valence-corrected chi connectivity index (χ0v) is 14.5. The van der Waals surface area contributed by atoms with Gasteiger partial charge in [0.05, 0.1) is 10.7 Å². The Morgan fingerprint density at radius 3 is 2.52 bits per heavy atom. The zero-order valence-electron chi connectivity index (χ0n) is 12.9. The fourth-order valence-electron chi connectivity index (χ4n) is 2.21. The third kappa shape index (κ3) is 4.53. The van der Waals surface area contributed by atoms with E-state index in [1.807, 2.05) is 18.2 Å². The molecule has 1 aromatic heterocycles. The van der Waals surface area contributed by atoms with E-state index in [1.165, 1.54) is 10.6 Å². The molecule has 2 aromatic rings. The van der Waals surface area contributed by atoms with Crippen LogP contribution in [-0.2, 0) is 18.3 Å². The fourth-order valence-corrected chi connectivity index (χ4v) is 3.56. The van der Waals surface area contributed by atoms with Crippen molar-refractivity contribution in [2.24, 2.45) is 11.7 Å². The van der Waals surface area contributed by atoms with Crippen LogP contribution in [0.1, 0.15) is 37.0 Å². The lowest BCUT2D eigenvalue weighted by Gasteiger charge is -2.16. The average Bonchev–Trinajstić information content (AvgIpc) is 2.89. The topological polar surface area (TPSA) is 38.9 Å². The molecule has 114 valence electrons. The number of nitrogens with two attached hydrogens (primary N) is 1. The Labute approximate surface area is 136 Å². The van der Waals surface area contributed by atoms with E-state index in [0.717, 1.165) is 23.6 Å². The second-order valence-electron chi connectivity index (χ2n) is 6.48. The lowest BCUT2D eigenvalue weighted by molar-refractivity contribution is 0.525. The van der Waals surface area contributed by atoms with Gasteiger partial charge in [-0.05, 0) is 30.5 Å². The minimum Gasteiger partial charge on any atom is -0.330 e. The number of nitrogens with zero attached hydrogens (tertiary/aromatic N) is 1. The van der Waals surface area contributed by atoms with Gasteiger partial charge in [0, 0.05) is 22.2 Å². The maximum Gasteiger partial charge on any atom is 0.0931 e. The quantitative estimate of drug-likeness (QED) is 0.883. The average molecular weight is 323 g/mol. The minimum atomic E-state index is 0.107. The van der Waals surface area contributed by atoms with Gasteiger partial charge in [0.2, 0.25) is 0 Å². The molecule has 21 heavy (non-hydrogen) atoms. The van der Waals surface area contributed by atoms with E-state index in [9.17, 15) is 0 Å². The molecule has 0 bridgehead atoms. The van der Waals surface area contributed by atoms with Crippen LogP contribution in [0.5, 0.6) is 0 Å². The summed E-state index contributed by atoms with van der Waals surface area (Å²) in [5, 5.41) is 4.16. The summed E-state index contributed by atoms with van der Waals surface area (Å²) in [5.41, 5.74) is 8.38. The van der Waals surface area contributed by atoms with Crippen LogP contribution in [0.2, 0.25) is 5.02 Å². The van der Waals surface area contributed by atoms with Gasteiger partial charge >= 0.3 is 0 Å². The molecule has 0 aliphatic heterocycles. The summed E-state index contributed by atoms with van der Waals surface area (Å²) in [7, 11) is 0. The van der Waals surface area contributed by atoms with E-state index in [0.29, 0.717) is 12.5 Å². The molecule has 0 aliphatic carbocycles. The van der Waals surface area contributed by atoms with Crippen LogP contribution in [0, 0.1) is 5.92 Å². The SMILES string of the molecule is CC(C)(C)c1csc(CC(CN)Cc2ccccc2Cl)n1. The number of thiazole rings is 1. The highest BCUT2D eigenvalue weighted by atomic mass is 35.5. The molecular weight excluding hydrogens is 300 g/mol. The molecule has 2 nitrogen and oxygen atoms in total. The van der Waals surface area contributed by atoms with Crippen molar-refractivity contribution in [2.75, 3.05) is 6.54 Å². The number of rotatable bonds is 5. The van der Waals surface area contributed by atoms with Crippen LogP contribution in [0.4, 0.5) is 0 Å². The molecule has 0 fully saturated rings. The zero-order chi connectivity index (χ0) is 15.5. The van der Waals surface area contributed by atoms with Gasteiger partial charge in [-0.3, -0.25) is 0 Å². The number of benzene rings is 1. The third-order valence-electron chi connectivity index (χ3n) is 3.58. The molecule has 0 aliphatic rings. The van der Waals surface area contributed by atoms with Gasteiger partial charge in [-0.2, -0.15) is 0 Å². The molecular formula is C17H23ClN2S. The summed E-state index contributed by atoms with van der Waals surface area (Å²) >= 11 is 7.97. The van der Waals surface area contributed by atoms with E-state index in [1.54, 1.807) is 11.3 Å². The highest BCUT2D eigenvalue weighted by Crippen LogP contribution is 2.26.